The van der Waals surface area contributed by atoms with Crippen molar-refractivity contribution < 1.29 is 9.59 Å². The largest absolute Gasteiger partial charge is 0.368 e. The van der Waals surface area contributed by atoms with Crippen molar-refractivity contribution in [3.05, 3.63) is 132 Å². The number of hydrogen-bond acceptors (Lipinski definition) is 4. The average Bonchev–Trinajstić information content (AvgIpc) is 3.54. The quantitative estimate of drug-likeness (QED) is 0.199. The number of fused-ring (bicyclic) bond motifs is 2. The summed E-state index contributed by atoms with van der Waals surface area (Å²) in [6.45, 7) is 4.84. The van der Waals surface area contributed by atoms with E-state index in [1.54, 1.807) is 0 Å². The molecule has 1 fully saturated rings. The van der Waals surface area contributed by atoms with Crippen molar-refractivity contribution in [2.45, 2.75) is 25.4 Å². The van der Waals surface area contributed by atoms with Gasteiger partial charge in [-0.25, -0.2) is 4.79 Å². The summed E-state index contributed by atoms with van der Waals surface area (Å²) < 4.78 is 0. The Kier molecular flexibility index (Phi) is 9.19. The summed E-state index contributed by atoms with van der Waals surface area (Å²) in [5.74, 6) is 0.167. The molecule has 0 bridgehead atoms. The number of hydrogen-bond donors (Lipinski definition) is 3. The molecule has 0 aliphatic carbocycles. The maximum atomic E-state index is 14.7. The van der Waals surface area contributed by atoms with Crippen LogP contribution in [-0.2, 0) is 24.2 Å². The number of carbonyl (C=O) groups is 2. The fourth-order valence-corrected chi connectivity index (χ4v) is 7.00. The first-order valence-corrected chi connectivity index (χ1v) is 16.7. The SMILES string of the molecule is O=C(N[C@H](Cc1c[nH]c2ccccc12)C(=O)N1CC(CNCc2ccccc2)Cc2ccccc21)N1CCN(c2ccccc2)CC1. The molecule has 0 spiro atoms. The van der Waals surface area contributed by atoms with Crippen LogP contribution in [0.25, 0.3) is 10.9 Å². The summed E-state index contributed by atoms with van der Waals surface area (Å²) >= 11 is 0. The Morgan fingerprint density at radius 3 is 2.32 bits per heavy atom. The Morgan fingerprint density at radius 2 is 1.51 bits per heavy atom. The van der Waals surface area contributed by atoms with Gasteiger partial charge in [-0.1, -0.05) is 84.9 Å². The summed E-state index contributed by atoms with van der Waals surface area (Å²) in [5.41, 5.74) is 6.53. The molecule has 3 heterocycles. The van der Waals surface area contributed by atoms with Crippen LogP contribution in [0.1, 0.15) is 16.7 Å². The zero-order chi connectivity index (χ0) is 32.0. The van der Waals surface area contributed by atoms with Crippen LogP contribution in [0.4, 0.5) is 16.2 Å². The van der Waals surface area contributed by atoms with Gasteiger partial charge in [-0.3, -0.25) is 4.79 Å². The highest BCUT2D eigenvalue weighted by atomic mass is 16.2. The lowest BCUT2D eigenvalue weighted by Crippen LogP contribution is -2.58. The predicted octanol–water partition coefficient (Wildman–Crippen LogP) is 5.61. The van der Waals surface area contributed by atoms with E-state index in [9.17, 15) is 9.59 Å². The molecule has 0 saturated carbocycles. The number of nitrogens with zero attached hydrogens (tertiary/aromatic N) is 3. The molecule has 1 aromatic heterocycles. The topological polar surface area (TPSA) is 83.7 Å². The molecule has 1 saturated heterocycles. The second-order valence-corrected chi connectivity index (χ2v) is 12.6. The number of para-hydroxylation sites is 3. The number of aromatic nitrogens is 1. The average molecular weight is 627 g/mol. The molecule has 4 aromatic carbocycles. The van der Waals surface area contributed by atoms with Gasteiger partial charge in [0.25, 0.3) is 0 Å². The van der Waals surface area contributed by atoms with Gasteiger partial charge in [0, 0.05) is 80.7 Å². The predicted molar refractivity (Wildman–Crippen MR) is 189 cm³/mol. The molecular formula is C39H42N6O2. The molecule has 8 heteroatoms. The number of nitrogens with one attached hydrogen (secondary N) is 3. The minimum atomic E-state index is -0.724. The van der Waals surface area contributed by atoms with Crippen LogP contribution >= 0.6 is 0 Å². The number of amides is 3. The van der Waals surface area contributed by atoms with Crippen LogP contribution < -0.4 is 20.4 Å². The molecule has 47 heavy (non-hydrogen) atoms. The fraction of sp³-hybridized carbons (Fsp3) is 0.282. The van der Waals surface area contributed by atoms with Gasteiger partial charge in [-0.15, -0.1) is 0 Å². The van der Waals surface area contributed by atoms with Crippen molar-refractivity contribution in [1.29, 1.82) is 0 Å². The molecular weight excluding hydrogens is 584 g/mol. The van der Waals surface area contributed by atoms with Crippen molar-refractivity contribution in [2.75, 3.05) is 49.1 Å². The lowest BCUT2D eigenvalue weighted by Gasteiger charge is -2.38. The highest BCUT2D eigenvalue weighted by Gasteiger charge is 2.35. The van der Waals surface area contributed by atoms with Crippen LogP contribution in [0.5, 0.6) is 0 Å². The summed E-state index contributed by atoms with van der Waals surface area (Å²) in [6.07, 6.45) is 3.26. The van der Waals surface area contributed by atoms with Gasteiger partial charge in [0.2, 0.25) is 5.91 Å². The number of urea groups is 1. The minimum Gasteiger partial charge on any atom is -0.368 e. The molecule has 240 valence electrons. The van der Waals surface area contributed by atoms with E-state index in [4.69, 9.17) is 0 Å². The van der Waals surface area contributed by atoms with Gasteiger partial charge in [0.1, 0.15) is 6.04 Å². The van der Waals surface area contributed by atoms with Crippen molar-refractivity contribution >= 4 is 34.2 Å². The summed E-state index contributed by atoms with van der Waals surface area (Å²) in [5, 5.41) is 7.88. The first kappa shape index (κ1) is 30.6. The summed E-state index contributed by atoms with van der Waals surface area (Å²) in [6, 6.07) is 36.1. The first-order chi connectivity index (χ1) is 23.1. The zero-order valence-corrected chi connectivity index (χ0v) is 26.6. The third kappa shape index (κ3) is 7.03. The maximum Gasteiger partial charge on any atom is 0.318 e. The first-order valence-electron chi connectivity index (χ1n) is 16.7. The van der Waals surface area contributed by atoms with E-state index in [0.29, 0.717) is 26.1 Å². The molecule has 5 aromatic rings. The highest BCUT2D eigenvalue weighted by Crippen LogP contribution is 2.31. The monoisotopic (exact) mass is 626 g/mol. The van der Waals surface area contributed by atoms with E-state index < -0.39 is 6.04 Å². The molecule has 2 atom stereocenters. The number of benzene rings is 4. The Morgan fingerprint density at radius 1 is 0.809 bits per heavy atom. The van der Waals surface area contributed by atoms with Crippen molar-refractivity contribution in [2.24, 2.45) is 5.92 Å². The van der Waals surface area contributed by atoms with Crippen LogP contribution in [0, 0.1) is 5.92 Å². The third-order valence-electron chi connectivity index (χ3n) is 9.49. The van der Waals surface area contributed by atoms with E-state index in [1.165, 1.54) is 5.56 Å². The van der Waals surface area contributed by atoms with Crippen LogP contribution in [0.15, 0.2) is 115 Å². The Labute approximate surface area is 276 Å². The van der Waals surface area contributed by atoms with Gasteiger partial charge >= 0.3 is 6.03 Å². The highest BCUT2D eigenvalue weighted by molar-refractivity contribution is 6.00. The molecule has 7 rings (SSSR count). The summed E-state index contributed by atoms with van der Waals surface area (Å²) in [7, 11) is 0. The van der Waals surface area contributed by atoms with E-state index in [-0.39, 0.29) is 17.9 Å². The minimum absolute atomic E-state index is 0.0771. The maximum absolute atomic E-state index is 14.7. The molecule has 1 unspecified atom stereocenters. The zero-order valence-electron chi connectivity index (χ0n) is 26.6. The molecule has 3 N–H and O–H groups in total. The van der Waals surface area contributed by atoms with Crippen LogP contribution in [0.3, 0.4) is 0 Å². The van der Waals surface area contributed by atoms with E-state index in [0.717, 1.165) is 66.0 Å². The van der Waals surface area contributed by atoms with E-state index in [2.05, 4.69) is 69.0 Å². The Balaban J connectivity index is 1.10. The number of aromatic amines is 1. The lowest BCUT2D eigenvalue weighted by molar-refractivity contribution is -0.120. The van der Waals surface area contributed by atoms with Crippen molar-refractivity contribution in [3.8, 4) is 0 Å². The molecule has 2 aliphatic rings. The number of anilines is 2. The molecule has 2 aliphatic heterocycles. The third-order valence-corrected chi connectivity index (χ3v) is 9.49. The number of carbonyl (C=O) groups excluding carboxylic acids is 2. The van der Waals surface area contributed by atoms with Crippen LogP contribution in [0.2, 0.25) is 0 Å². The molecule has 3 amide bonds. The van der Waals surface area contributed by atoms with Crippen molar-refractivity contribution in [1.82, 2.24) is 20.5 Å². The number of H-pyrrole nitrogens is 1. The standard InChI is InChI=1S/C39H42N6O2/c46-38(45-28-30(23-31-13-7-10-18-37(31)45)26-40-25-29-11-3-1-4-12-29)36(24-32-27-41-35-17-9-8-16-34(32)35)42-39(47)44-21-19-43(20-22-44)33-14-5-2-6-15-33/h1-18,27,30,36,40-41H,19-26,28H2,(H,42,47)/t30?,36-/m1/s1. The van der Waals surface area contributed by atoms with Gasteiger partial charge in [-0.05, 0) is 53.3 Å². The van der Waals surface area contributed by atoms with Gasteiger partial charge < -0.3 is 30.3 Å². The molecule has 0 radical (unpaired) electrons. The fourth-order valence-electron chi connectivity index (χ4n) is 7.00. The number of rotatable bonds is 9. The van der Waals surface area contributed by atoms with E-state index in [1.807, 2.05) is 76.7 Å². The Hall–Kier alpha value is -5.08. The van der Waals surface area contributed by atoms with Gasteiger partial charge in [-0.2, -0.15) is 0 Å². The molecule has 8 nitrogen and oxygen atoms in total. The normalized spacial score (nSPS) is 16.9. The van der Waals surface area contributed by atoms with E-state index >= 15 is 0 Å². The van der Waals surface area contributed by atoms with Crippen molar-refractivity contribution in [3.63, 3.8) is 0 Å². The Bertz CT molecular complexity index is 1800. The van der Waals surface area contributed by atoms with Gasteiger partial charge in [0.15, 0.2) is 0 Å². The van der Waals surface area contributed by atoms with Crippen LogP contribution in [-0.4, -0.2) is 67.1 Å². The second-order valence-electron chi connectivity index (χ2n) is 12.6. The lowest BCUT2D eigenvalue weighted by atomic mass is 9.91. The number of piperazine rings is 1. The van der Waals surface area contributed by atoms with Gasteiger partial charge in [0.05, 0.1) is 0 Å². The summed E-state index contributed by atoms with van der Waals surface area (Å²) in [4.78, 5) is 37.9. The second kappa shape index (κ2) is 14.1. The smallest absolute Gasteiger partial charge is 0.318 e.